The molecule has 6 unspecified atom stereocenters. The monoisotopic (exact) mass is 456 g/mol. The molecule has 7 nitrogen and oxygen atoms in total. The van der Waals surface area contributed by atoms with Gasteiger partial charge in [0, 0.05) is 25.7 Å². The number of halogens is 2. The third kappa shape index (κ3) is 5.43. The zero-order valence-corrected chi connectivity index (χ0v) is 19.2. The standard InChI is InChI=1S/C23H42F2N6O/c24-15-5-8-23(6-1-2-7-23)11-17(29-12-15)19(21(26)27)22(32)30-18-14-28-13-16(25)20(18)31-9-3-4-10-31/h15-21,28-29H,1-14,26-27H2,(H,30,32). The summed E-state index contributed by atoms with van der Waals surface area (Å²) in [5.74, 6) is -0.927. The van der Waals surface area contributed by atoms with Crippen LogP contribution in [0.3, 0.4) is 0 Å². The molecule has 1 amide bonds. The highest BCUT2D eigenvalue weighted by atomic mass is 19.1. The van der Waals surface area contributed by atoms with Gasteiger partial charge in [0.15, 0.2) is 0 Å². The number of rotatable bonds is 5. The van der Waals surface area contributed by atoms with Crippen LogP contribution in [0.2, 0.25) is 0 Å². The van der Waals surface area contributed by atoms with Crippen molar-refractivity contribution in [1.29, 1.82) is 0 Å². The van der Waals surface area contributed by atoms with E-state index >= 15 is 0 Å². The van der Waals surface area contributed by atoms with Crippen LogP contribution in [-0.4, -0.2) is 80.2 Å². The van der Waals surface area contributed by atoms with Gasteiger partial charge in [0.1, 0.15) is 12.3 Å². The third-order valence-corrected chi connectivity index (χ3v) is 8.43. The molecule has 0 aromatic carbocycles. The second-order valence-electron chi connectivity index (χ2n) is 10.7. The Labute approximate surface area is 190 Å². The van der Waals surface area contributed by atoms with Crippen molar-refractivity contribution in [2.24, 2.45) is 22.8 Å². The Morgan fingerprint density at radius 3 is 2.44 bits per heavy atom. The van der Waals surface area contributed by atoms with E-state index in [2.05, 4.69) is 20.9 Å². The summed E-state index contributed by atoms with van der Waals surface area (Å²) in [4.78, 5) is 15.7. The summed E-state index contributed by atoms with van der Waals surface area (Å²) in [6, 6.07) is -0.956. The van der Waals surface area contributed by atoms with Crippen molar-refractivity contribution >= 4 is 5.91 Å². The molecule has 4 fully saturated rings. The topological polar surface area (TPSA) is 108 Å². The second-order valence-corrected chi connectivity index (χ2v) is 10.7. The van der Waals surface area contributed by atoms with Crippen LogP contribution in [-0.2, 0) is 4.79 Å². The van der Waals surface area contributed by atoms with Gasteiger partial charge in [-0.05, 0) is 63.5 Å². The second kappa shape index (κ2) is 10.6. The van der Waals surface area contributed by atoms with Gasteiger partial charge in [-0.1, -0.05) is 12.8 Å². The molecule has 7 N–H and O–H groups in total. The van der Waals surface area contributed by atoms with E-state index < -0.39 is 24.4 Å². The molecule has 184 valence electrons. The van der Waals surface area contributed by atoms with Gasteiger partial charge in [0.05, 0.1) is 24.2 Å². The maximum atomic E-state index is 14.9. The summed E-state index contributed by atoms with van der Waals surface area (Å²) in [7, 11) is 0. The number of piperidine rings is 1. The van der Waals surface area contributed by atoms with Crippen molar-refractivity contribution in [3.8, 4) is 0 Å². The van der Waals surface area contributed by atoms with E-state index in [1.165, 1.54) is 0 Å². The number of likely N-dealkylation sites (tertiary alicyclic amines) is 1. The van der Waals surface area contributed by atoms with E-state index in [0.717, 1.165) is 64.5 Å². The summed E-state index contributed by atoms with van der Waals surface area (Å²) in [6.45, 7) is 2.77. The molecule has 1 saturated carbocycles. The van der Waals surface area contributed by atoms with Crippen molar-refractivity contribution in [2.45, 2.75) is 94.4 Å². The van der Waals surface area contributed by atoms with Crippen molar-refractivity contribution in [1.82, 2.24) is 20.9 Å². The molecule has 3 heterocycles. The number of alkyl halides is 2. The average Bonchev–Trinajstić information content (AvgIpc) is 3.42. The fraction of sp³-hybridized carbons (Fsp3) is 0.957. The Bertz CT molecular complexity index is 626. The summed E-state index contributed by atoms with van der Waals surface area (Å²) >= 11 is 0. The first kappa shape index (κ1) is 24.3. The number of carbonyl (C=O) groups excluding carboxylic acids is 1. The first-order chi connectivity index (χ1) is 15.4. The Hall–Kier alpha value is -0.870. The van der Waals surface area contributed by atoms with E-state index in [1.54, 1.807) is 0 Å². The minimum Gasteiger partial charge on any atom is -0.350 e. The number of nitrogens with one attached hydrogen (secondary N) is 3. The van der Waals surface area contributed by atoms with E-state index in [0.29, 0.717) is 19.5 Å². The molecule has 4 aliphatic rings. The first-order valence-corrected chi connectivity index (χ1v) is 12.7. The van der Waals surface area contributed by atoms with Crippen LogP contribution >= 0.6 is 0 Å². The Morgan fingerprint density at radius 2 is 1.75 bits per heavy atom. The van der Waals surface area contributed by atoms with Crippen LogP contribution in [0.1, 0.15) is 57.8 Å². The quantitative estimate of drug-likeness (QED) is 0.391. The van der Waals surface area contributed by atoms with Gasteiger partial charge in [-0.2, -0.15) is 0 Å². The van der Waals surface area contributed by atoms with Crippen molar-refractivity contribution in [3.63, 3.8) is 0 Å². The van der Waals surface area contributed by atoms with Crippen molar-refractivity contribution in [2.75, 3.05) is 32.7 Å². The van der Waals surface area contributed by atoms with Gasteiger partial charge in [0.25, 0.3) is 0 Å². The van der Waals surface area contributed by atoms with Gasteiger partial charge in [-0.25, -0.2) is 8.78 Å². The van der Waals surface area contributed by atoms with Gasteiger partial charge in [-0.15, -0.1) is 0 Å². The fourth-order valence-corrected chi connectivity index (χ4v) is 6.75. The molecule has 32 heavy (non-hydrogen) atoms. The summed E-state index contributed by atoms with van der Waals surface area (Å²) in [5, 5.41) is 9.52. The molecule has 0 radical (unpaired) electrons. The van der Waals surface area contributed by atoms with Gasteiger partial charge >= 0.3 is 0 Å². The molecule has 9 heteroatoms. The molecular formula is C23H42F2N6O. The predicted octanol–water partition coefficient (Wildman–Crippen LogP) is 0.777. The molecule has 1 spiro atoms. The van der Waals surface area contributed by atoms with Crippen molar-refractivity contribution in [3.05, 3.63) is 0 Å². The fourth-order valence-electron chi connectivity index (χ4n) is 6.75. The number of amides is 1. The summed E-state index contributed by atoms with van der Waals surface area (Å²) < 4.78 is 29.4. The third-order valence-electron chi connectivity index (χ3n) is 8.43. The largest absolute Gasteiger partial charge is 0.350 e. The maximum Gasteiger partial charge on any atom is 0.227 e. The number of carbonyl (C=O) groups is 1. The zero-order chi connectivity index (χ0) is 22.7. The van der Waals surface area contributed by atoms with E-state index in [-0.39, 0.29) is 36.0 Å². The highest BCUT2D eigenvalue weighted by Gasteiger charge is 2.45. The molecule has 3 aliphatic heterocycles. The molecule has 1 aliphatic carbocycles. The molecule has 0 aromatic heterocycles. The van der Waals surface area contributed by atoms with Crippen LogP contribution in [0.5, 0.6) is 0 Å². The number of hydrogen-bond acceptors (Lipinski definition) is 6. The van der Waals surface area contributed by atoms with Crippen molar-refractivity contribution < 1.29 is 13.6 Å². The lowest BCUT2D eigenvalue weighted by Gasteiger charge is -2.43. The molecular weight excluding hydrogens is 414 g/mol. The van der Waals surface area contributed by atoms with Gasteiger partial charge in [0.2, 0.25) is 5.91 Å². The van der Waals surface area contributed by atoms with E-state index in [4.69, 9.17) is 11.5 Å². The lowest BCUT2D eigenvalue weighted by atomic mass is 9.72. The first-order valence-electron chi connectivity index (χ1n) is 12.7. The summed E-state index contributed by atoms with van der Waals surface area (Å²) in [5.41, 5.74) is 12.4. The SMILES string of the molecule is NC(N)C(C(=O)NC1CNCC(F)C1N1CCCC1)C1CC2(CCCC2)CCC(F)CN1. The Morgan fingerprint density at radius 1 is 1.03 bits per heavy atom. The smallest absolute Gasteiger partial charge is 0.227 e. The molecule has 0 aromatic rings. The molecule has 0 bridgehead atoms. The summed E-state index contributed by atoms with van der Waals surface area (Å²) in [6.07, 6.45) is 5.93. The Balaban J connectivity index is 1.49. The van der Waals surface area contributed by atoms with Crippen LogP contribution in [0.4, 0.5) is 8.78 Å². The number of nitrogens with two attached hydrogens (primary N) is 2. The minimum absolute atomic E-state index is 0.0599. The zero-order valence-electron chi connectivity index (χ0n) is 19.2. The normalized spacial score (nSPS) is 37.3. The molecule has 4 rings (SSSR count). The maximum absolute atomic E-state index is 14.9. The highest BCUT2D eigenvalue weighted by molar-refractivity contribution is 5.80. The van der Waals surface area contributed by atoms with Gasteiger partial charge < -0.3 is 27.4 Å². The van der Waals surface area contributed by atoms with Crippen LogP contribution < -0.4 is 27.4 Å². The van der Waals surface area contributed by atoms with Crippen LogP contribution in [0.15, 0.2) is 0 Å². The predicted molar refractivity (Wildman–Crippen MR) is 121 cm³/mol. The average molecular weight is 457 g/mol. The highest BCUT2D eigenvalue weighted by Crippen LogP contribution is 2.47. The van der Waals surface area contributed by atoms with Crippen LogP contribution in [0, 0.1) is 11.3 Å². The van der Waals surface area contributed by atoms with E-state index in [1.807, 2.05) is 0 Å². The molecule has 6 atom stereocenters. The Kier molecular flexibility index (Phi) is 8.03. The number of nitrogens with zero attached hydrogens (tertiary/aromatic N) is 1. The van der Waals surface area contributed by atoms with Gasteiger partial charge in [-0.3, -0.25) is 9.69 Å². The lowest BCUT2D eigenvalue weighted by Crippen LogP contribution is -2.67. The van der Waals surface area contributed by atoms with E-state index in [9.17, 15) is 13.6 Å². The van der Waals surface area contributed by atoms with Crippen LogP contribution in [0.25, 0.3) is 0 Å². The minimum atomic E-state index is -1.04. The number of hydrogen-bond donors (Lipinski definition) is 5. The molecule has 3 saturated heterocycles. The lowest BCUT2D eigenvalue weighted by molar-refractivity contribution is -0.128.